The first kappa shape index (κ1) is 16.0. The number of rotatable bonds is 6. The van der Waals surface area contributed by atoms with Crippen LogP contribution in [0.3, 0.4) is 0 Å². The molecule has 0 saturated carbocycles. The van der Waals surface area contributed by atoms with Crippen LogP contribution >= 0.6 is 0 Å². The van der Waals surface area contributed by atoms with Gasteiger partial charge in [0.15, 0.2) is 0 Å². The molecule has 0 spiro atoms. The second-order valence-electron chi connectivity index (χ2n) is 4.90. The standard InChI is InChI=1S/C15H21NO4S/c1-2-10-20-15-7-6-14(11-13(15)12-17)21(18,19)16-8-4-3-5-9-16/h3-4,6-7,11,17H,2,5,8-10,12H2,1H3. The minimum atomic E-state index is -3.52. The van der Waals surface area contributed by atoms with Gasteiger partial charge in [0.05, 0.1) is 18.1 Å². The molecular formula is C15H21NO4S. The van der Waals surface area contributed by atoms with Gasteiger partial charge < -0.3 is 9.84 Å². The van der Waals surface area contributed by atoms with Gasteiger partial charge in [0.2, 0.25) is 10.0 Å². The van der Waals surface area contributed by atoms with Gasteiger partial charge in [-0.25, -0.2) is 8.42 Å². The van der Waals surface area contributed by atoms with Gasteiger partial charge in [0, 0.05) is 18.7 Å². The Morgan fingerprint density at radius 1 is 1.33 bits per heavy atom. The molecule has 0 atom stereocenters. The average molecular weight is 311 g/mol. The number of aliphatic hydroxyl groups excluding tert-OH is 1. The molecule has 1 aliphatic rings. The summed E-state index contributed by atoms with van der Waals surface area (Å²) in [6.45, 7) is 3.16. The van der Waals surface area contributed by atoms with Crippen LogP contribution in [-0.2, 0) is 16.6 Å². The van der Waals surface area contributed by atoms with E-state index in [0.717, 1.165) is 12.8 Å². The molecule has 1 aliphatic heterocycles. The largest absolute Gasteiger partial charge is 0.493 e. The molecule has 0 amide bonds. The molecule has 1 aromatic rings. The van der Waals surface area contributed by atoms with Gasteiger partial charge in [0.1, 0.15) is 5.75 Å². The highest BCUT2D eigenvalue weighted by Crippen LogP contribution is 2.25. The van der Waals surface area contributed by atoms with Gasteiger partial charge in [-0.05, 0) is 31.0 Å². The summed E-state index contributed by atoms with van der Waals surface area (Å²) >= 11 is 0. The van der Waals surface area contributed by atoms with E-state index in [1.54, 1.807) is 6.07 Å². The Labute approximate surface area is 125 Å². The van der Waals surface area contributed by atoms with Crippen LogP contribution in [0.15, 0.2) is 35.2 Å². The molecule has 6 heteroatoms. The molecule has 116 valence electrons. The quantitative estimate of drug-likeness (QED) is 0.815. The Morgan fingerprint density at radius 2 is 2.14 bits per heavy atom. The van der Waals surface area contributed by atoms with E-state index in [1.165, 1.54) is 16.4 Å². The van der Waals surface area contributed by atoms with Gasteiger partial charge in [0.25, 0.3) is 0 Å². The van der Waals surface area contributed by atoms with Crippen molar-refractivity contribution in [2.75, 3.05) is 19.7 Å². The molecule has 1 aromatic carbocycles. The van der Waals surface area contributed by atoms with Crippen molar-refractivity contribution in [1.29, 1.82) is 0 Å². The van der Waals surface area contributed by atoms with Crippen molar-refractivity contribution in [3.05, 3.63) is 35.9 Å². The maximum absolute atomic E-state index is 12.6. The third-order valence-corrected chi connectivity index (χ3v) is 5.18. The van der Waals surface area contributed by atoms with Crippen LogP contribution in [0.5, 0.6) is 5.75 Å². The Kier molecular flexibility index (Phi) is 5.39. The number of ether oxygens (including phenoxy) is 1. The van der Waals surface area contributed by atoms with E-state index in [0.29, 0.717) is 31.0 Å². The molecular weight excluding hydrogens is 290 g/mol. The fourth-order valence-corrected chi connectivity index (χ4v) is 3.64. The second kappa shape index (κ2) is 7.06. The van der Waals surface area contributed by atoms with Crippen LogP contribution in [0.2, 0.25) is 0 Å². The van der Waals surface area contributed by atoms with Crippen molar-refractivity contribution in [1.82, 2.24) is 4.31 Å². The van der Waals surface area contributed by atoms with Gasteiger partial charge in [-0.2, -0.15) is 4.31 Å². The van der Waals surface area contributed by atoms with Crippen LogP contribution in [0.4, 0.5) is 0 Å². The topological polar surface area (TPSA) is 66.8 Å². The van der Waals surface area contributed by atoms with Gasteiger partial charge in [-0.3, -0.25) is 0 Å². The number of hydrogen-bond acceptors (Lipinski definition) is 4. The van der Waals surface area contributed by atoms with Crippen LogP contribution in [0.1, 0.15) is 25.3 Å². The van der Waals surface area contributed by atoms with Crippen molar-refractivity contribution in [3.8, 4) is 5.75 Å². The van der Waals surface area contributed by atoms with Gasteiger partial charge >= 0.3 is 0 Å². The van der Waals surface area contributed by atoms with Crippen LogP contribution < -0.4 is 4.74 Å². The van der Waals surface area contributed by atoms with Crippen LogP contribution in [0.25, 0.3) is 0 Å². The molecule has 0 saturated heterocycles. The lowest BCUT2D eigenvalue weighted by molar-refractivity contribution is 0.262. The van der Waals surface area contributed by atoms with Crippen LogP contribution in [0, 0.1) is 0 Å². The van der Waals surface area contributed by atoms with Crippen molar-refractivity contribution in [2.24, 2.45) is 0 Å². The Bertz CT molecular complexity index is 610. The maximum Gasteiger partial charge on any atom is 0.243 e. The molecule has 1 heterocycles. The highest BCUT2D eigenvalue weighted by Gasteiger charge is 2.25. The fraction of sp³-hybridized carbons (Fsp3) is 0.467. The molecule has 0 bridgehead atoms. The highest BCUT2D eigenvalue weighted by molar-refractivity contribution is 7.89. The third-order valence-electron chi connectivity index (χ3n) is 3.32. The Hall–Kier alpha value is -1.37. The maximum atomic E-state index is 12.6. The normalized spacial score (nSPS) is 16.1. The molecule has 0 aromatic heterocycles. The minimum absolute atomic E-state index is 0.200. The highest BCUT2D eigenvalue weighted by atomic mass is 32.2. The first-order chi connectivity index (χ1) is 10.1. The minimum Gasteiger partial charge on any atom is -0.493 e. The molecule has 2 rings (SSSR count). The van der Waals surface area contributed by atoms with Crippen molar-refractivity contribution < 1.29 is 18.3 Å². The average Bonchev–Trinajstić information content (AvgIpc) is 2.53. The molecule has 21 heavy (non-hydrogen) atoms. The van der Waals surface area contributed by atoms with E-state index >= 15 is 0 Å². The van der Waals surface area contributed by atoms with E-state index in [2.05, 4.69) is 0 Å². The lowest BCUT2D eigenvalue weighted by atomic mass is 10.2. The fourth-order valence-electron chi connectivity index (χ4n) is 2.18. The molecule has 0 fully saturated rings. The SMILES string of the molecule is CCCOc1ccc(S(=O)(=O)N2CC=CCC2)cc1CO. The van der Waals surface area contributed by atoms with E-state index in [1.807, 2.05) is 19.1 Å². The molecule has 0 aliphatic carbocycles. The lowest BCUT2D eigenvalue weighted by Gasteiger charge is -2.23. The summed E-state index contributed by atoms with van der Waals surface area (Å²) in [5.74, 6) is 0.539. The van der Waals surface area contributed by atoms with Crippen molar-refractivity contribution >= 4 is 10.0 Å². The predicted octanol–water partition coefficient (Wildman–Crippen LogP) is 1.92. The third kappa shape index (κ3) is 3.64. The zero-order chi connectivity index (χ0) is 15.3. The number of hydrogen-bond donors (Lipinski definition) is 1. The van der Waals surface area contributed by atoms with Crippen molar-refractivity contribution in [2.45, 2.75) is 31.3 Å². The first-order valence-corrected chi connectivity index (χ1v) is 8.55. The molecule has 5 nitrogen and oxygen atoms in total. The zero-order valence-electron chi connectivity index (χ0n) is 12.2. The number of sulfonamides is 1. The zero-order valence-corrected chi connectivity index (χ0v) is 13.0. The summed E-state index contributed by atoms with van der Waals surface area (Å²) in [5.41, 5.74) is 0.497. The van der Waals surface area contributed by atoms with E-state index in [4.69, 9.17) is 4.74 Å². The smallest absolute Gasteiger partial charge is 0.243 e. The van der Waals surface area contributed by atoms with E-state index < -0.39 is 10.0 Å². The van der Waals surface area contributed by atoms with Crippen LogP contribution in [-0.4, -0.2) is 37.5 Å². The first-order valence-electron chi connectivity index (χ1n) is 7.11. The monoisotopic (exact) mass is 311 g/mol. The Balaban J connectivity index is 2.29. The second-order valence-corrected chi connectivity index (χ2v) is 6.84. The number of aliphatic hydroxyl groups is 1. The van der Waals surface area contributed by atoms with E-state index in [9.17, 15) is 13.5 Å². The van der Waals surface area contributed by atoms with E-state index in [-0.39, 0.29) is 11.5 Å². The number of benzene rings is 1. The summed E-state index contributed by atoms with van der Waals surface area (Å²) in [7, 11) is -3.52. The molecule has 0 radical (unpaired) electrons. The summed E-state index contributed by atoms with van der Waals surface area (Å²) < 4.78 is 32.1. The van der Waals surface area contributed by atoms with Gasteiger partial charge in [-0.1, -0.05) is 19.1 Å². The number of nitrogens with zero attached hydrogens (tertiary/aromatic N) is 1. The Morgan fingerprint density at radius 3 is 2.76 bits per heavy atom. The van der Waals surface area contributed by atoms with Crippen molar-refractivity contribution in [3.63, 3.8) is 0 Å². The lowest BCUT2D eigenvalue weighted by Crippen LogP contribution is -2.33. The van der Waals surface area contributed by atoms with Gasteiger partial charge in [-0.15, -0.1) is 0 Å². The summed E-state index contributed by atoms with van der Waals surface area (Å²) in [5, 5.41) is 9.42. The molecule has 0 unspecified atom stereocenters. The summed E-state index contributed by atoms with van der Waals surface area (Å²) in [6.07, 6.45) is 5.41. The summed E-state index contributed by atoms with van der Waals surface area (Å²) in [4.78, 5) is 0.200. The summed E-state index contributed by atoms with van der Waals surface area (Å²) in [6, 6.07) is 4.66. The predicted molar refractivity (Wildman–Crippen MR) is 80.7 cm³/mol. The molecule has 1 N–H and O–H groups in total.